The highest BCUT2D eigenvalue weighted by Gasteiger charge is 2.46. The Bertz CT molecular complexity index is 700. The molecule has 1 aromatic carbocycles. The second kappa shape index (κ2) is 5.77. The molecule has 0 spiro atoms. The van der Waals surface area contributed by atoms with Crippen LogP contribution in [0.25, 0.3) is 0 Å². The number of aromatic amines is 1. The number of aryl methyl sites for hydroxylation is 1. The fraction of sp³-hybridized carbons (Fsp3) is 0.471. The van der Waals surface area contributed by atoms with Gasteiger partial charge in [0.1, 0.15) is 11.9 Å². The average molecular weight is 312 g/mol. The lowest BCUT2D eigenvalue weighted by Gasteiger charge is -2.31. The summed E-state index contributed by atoms with van der Waals surface area (Å²) in [5.74, 6) is 2.12. The number of rotatable bonds is 3. The molecule has 2 heterocycles. The third kappa shape index (κ3) is 2.86. The summed E-state index contributed by atoms with van der Waals surface area (Å²) in [6.07, 6.45) is 0.719. The minimum Gasteiger partial charge on any atom is -0.366 e. The number of H-pyrrole nitrogens is 1. The van der Waals surface area contributed by atoms with E-state index < -0.39 is 0 Å². The highest BCUT2D eigenvalue weighted by molar-refractivity contribution is 5.83. The van der Waals surface area contributed by atoms with E-state index in [0.717, 1.165) is 12.2 Å². The monoisotopic (exact) mass is 312 g/mol. The number of aromatic nitrogens is 3. The van der Waals surface area contributed by atoms with E-state index in [1.54, 1.807) is 0 Å². The van der Waals surface area contributed by atoms with Crippen molar-refractivity contribution in [2.75, 3.05) is 19.7 Å². The zero-order valence-corrected chi connectivity index (χ0v) is 13.1. The topological polar surface area (TPSA) is 71.1 Å². The fourth-order valence-electron chi connectivity index (χ4n) is 3.28. The summed E-state index contributed by atoms with van der Waals surface area (Å²) in [5.41, 5.74) is 1.26. The molecule has 6 nitrogen and oxygen atoms in total. The lowest BCUT2D eigenvalue weighted by atomic mass is 10.1. The normalized spacial score (nSPS) is 27.0. The van der Waals surface area contributed by atoms with Gasteiger partial charge in [-0.15, -0.1) is 0 Å². The molecule has 0 bridgehead atoms. The third-order valence-corrected chi connectivity index (χ3v) is 4.62. The van der Waals surface area contributed by atoms with Crippen LogP contribution in [-0.2, 0) is 9.53 Å². The molecule has 1 aliphatic carbocycles. The Morgan fingerprint density at radius 3 is 2.91 bits per heavy atom. The maximum absolute atomic E-state index is 12.7. The zero-order valence-electron chi connectivity index (χ0n) is 13.1. The number of hydrogen-bond donors (Lipinski definition) is 1. The van der Waals surface area contributed by atoms with Crippen LogP contribution in [0.5, 0.6) is 0 Å². The summed E-state index contributed by atoms with van der Waals surface area (Å²) in [6.45, 7) is 3.58. The molecule has 0 radical (unpaired) electrons. The van der Waals surface area contributed by atoms with Crippen molar-refractivity contribution in [1.29, 1.82) is 0 Å². The highest BCUT2D eigenvalue weighted by atomic mass is 16.5. The van der Waals surface area contributed by atoms with Gasteiger partial charge in [-0.1, -0.05) is 30.3 Å². The smallest absolute Gasteiger partial charge is 0.226 e. The van der Waals surface area contributed by atoms with Gasteiger partial charge < -0.3 is 9.64 Å². The standard InChI is InChI=1S/C17H20N4O2/c1-11-18-16(20-19-11)15-10-21(7-8-23-15)17(22)14-9-13(14)12-5-3-2-4-6-12/h2-6,13-15H,7-10H2,1H3,(H,18,19,20)/t13-,14+,15+/m1/s1. The lowest BCUT2D eigenvalue weighted by molar-refractivity contribution is -0.140. The molecular formula is C17H20N4O2. The van der Waals surface area contributed by atoms with E-state index in [4.69, 9.17) is 4.74 Å². The van der Waals surface area contributed by atoms with Crippen molar-refractivity contribution in [3.8, 4) is 0 Å². The van der Waals surface area contributed by atoms with Gasteiger partial charge in [-0.2, -0.15) is 5.10 Å². The molecule has 1 N–H and O–H groups in total. The molecular weight excluding hydrogens is 292 g/mol. The van der Waals surface area contributed by atoms with E-state index in [9.17, 15) is 4.79 Å². The van der Waals surface area contributed by atoms with E-state index >= 15 is 0 Å². The van der Waals surface area contributed by atoms with Gasteiger partial charge in [0.15, 0.2) is 5.82 Å². The summed E-state index contributed by atoms with van der Waals surface area (Å²) in [5, 5.41) is 6.99. The molecule has 6 heteroatoms. The van der Waals surface area contributed by atoms with Crippen LogP contribution >= 0.6 is 0 Å². The van der Waals surface area contributed by atoms with Crippen molar-refractivity contribution < 1.29 is 9.53 Å². The Labute approximate surface area is 134 Å². The van der Waals surface area contributed by atoms with E-state index in [0.29, 0.717) is 31.4 Å². The van der Waals surface area contributed by atoms with Crippen LogP contribution in [0.4, 0.5) is 0 Å². The number of amides is 1. The second-order valence-corrected chi connectivity index (χ2v) is 6.28. The molecule has 1 saturated heterocycles. The Morgan fingerprint density at radius 2 is 2.17 bits per heavy atom. The summed E-state index contributed by atoms with van der Waals surface area (Å²) in [6, 6.07) is 10.3. The summed E-state index contributed by atoms with van der Waals surface area (Å²) in [4.78, 5) is 19.0. The van der Waals surface area contributed by atoms with Crippen LogP contribution in [0.1, 0.15) is 35.7 Å². The van der Waals surface area contributed by atoms with Crippen molar-refractivity contribution in [2.45, 2.75) is 25.4 Å². The number of carbonyl (C=O) groups excluding carboxylic acids is 1. The fourth-order valence-corrected chi connectivity index (χ4v) is 3.28. The van der Waals surface area contributed by atoms with E-state index in [-0.39, 0.29) is 17.9 Å². The molecule has 0 unspecified atom stereocenters. The molecule has 2 fully saturated rings. The molecule has 2 aromatic rings. The van der Waals surface area contributed by atoms with Crippen LogP contribution in [0, 0.1) is 12.8 Å². The zero-order chi connectivity index (χ0) is 15.8. The molecule has 1 saturated carbocycles. The van der Waals surface area contributed by atoms with Gasteiger partial charge in [-0.05, 0) is 24.8 Å². The summed E-state index contributed by atoms with van der Waals surface area (Å²) >= 11 is 0. The molecule has 1 amide bonds. The van der Waals surface area contributed by atoms with Crippen molar-refractivity contribution >= 4 is 5.91 Å². The van der Waals surface area contributed by atoms with Crippen molar-refractivity contribution in [3.05, 3.63) is 47.5 Å². The first-order chi connectivity index (χ1) is 11.2. The van der Waals surface area contributed by atoms with Crippen LogP contribution in [-0.4, -0.2) is 45.7 Å². The number of carbonyl (C=O) groups is 1. The van der Waals surface area contributed by atoms with Gasteiger partial charge in [0.2, 0.25) is 5.91 Å². The SMILES string of the molecule is Cc1nc([C@@H]2CN(C(=O)[C@H]3C[C@@H]3c3ccccc3)CCO2)n[nH]1. The molecule has 4 rings (SSSR count). The predicted molar refractivity (Wildman–Crippen MR) is 83.7 cm³/mol. The molecule has 2 aliphatic rings. The number of hydrogen-bond acceptors (Lipinski definition) is 4. The average Bonchev–Trinajstić information content (AvgIpc) is 3.29. The quantitative estimate of drug-likeness (QED) is 0.938. The Hall–Kier alpha value is -2.21. The van der Waals surface area contributed by atoms with Crippen molar-refractivity contribution in [3.63, 3.8) is 0 Å². The minimum atomic E-state index is -0.230. The second-order valence-electron chi connectivity index (χ2n) is 6.28. The number of morpholine rings is 1. The first kappa shape index (κ1) is 14.4. The number of nitrogens with one attached hydrogen (secondary N) is 1. The molecule has 1 aromatic heterocycles. The van der Waals surface area contributed by atoms with Gasteiger partial charge >= 0.3 is 0 Å². The van der Waals surface area contributed by atoms with Gasteiger partial charge in [-0.25, -0.2) is 4.98 Å². The maximum Gasteiger partial charge on any atom is 0.226 e. The Kier molecular flexibility index (Phi) is 3.61. The number of ether oxygens (including phenoxy) is 1. The molecule has 1 aliphatic heterocycles. The summed E-state index contributed by atoms with van der Waals surface area (Å²) in [7, 11) is 0. The number of nitrogens with zero attached hydrogens (tertiary/aromatic N) is 3. The van der Waals surface area contributed by atoms with E-state index in [2.05, 4.69) is 27.3 Å². The Morgan fingerprint density at radius 1 is 1.35 bits per heavy atom. The van der Waals surface area contributed by atoms with Gasteiger partial charge in [0, 0.05) is 12.5 Å². The van der Waals surface area contributed by atoms with Crippen LogP contribution in [0.3, 0.4) is 0 Å². The first-order valence-corrected chi connectivity index (χ1v) is 8.06. The highest BCUT2D eigenvalue weighted by Crippen LogP contribution is 2.48. The van der Waals surface area contributed by atoms with Crippen LogP contribution < -0.4 is 0 Å². The van der Waals surface area contributed by atoms with Crippen LogP contribution in [0.15, 0.2) is 30.3 Å². The minimum absolute atomic E-state index is 0.116. The van der Waals surface area contributed by atoms with E-state index in [1.807, 2.05) is 30.0 Å². The number of benzene rings is 1. The van der Waals surface area contributed by atoms with Gasteiger partial charge in [-0.3, -0.25) is 9.89 Å². The predicted octanol–water partition coefficient (Wildman–Crippen LogP) is 1.82. The van der Waals surface area contributed by atoms with Crippen LogP contribution in [0.2, 0.25) is 0 Å². The van der Waals surface area contributed by atoms with Gasteiger partial charge in [0.25, 0.3) is 0 Å². The third-order valence-electron chi connectivity index (χ3n) is 4.62. The molecule has 3 atom stereocenters. The maximum atomic E-state index is 12.7. The summed E-state index contributed by atoms with van der Waals surface area (Å²) < 4.78 is 5.73. The van der Waals surface area contributed by atoms with E-state index in [1.165, 1.54) is 5.56 Å². The molecule has 23 heavy (non-hydrogen) atoms. The molecule has 120 valence electrons. The largest absolute Gasteiger partial charge is 0.366 e. The Balaban J connectivity index is 1.41. The van der Waals surface area contributed by atoms with Crippen molar-refractivity contribution in [2.24, 2.45) is 5.92 Å². The van der Waals surface area contributed by atoms with Gasteiger partial charge in [0.05, 0.1) is 13.2 Å². The first-order valence-electron chi connectivity index (χ1n) is 8.06. The van der Waals surface area contributed by atoms with Crippen molar-refractivity contribution in [1.82, 2.24) is 20.1 Å². The lowest BCUT2D eigenvalue weighted by Crippen LogP contribution is -2.43.